The topological polar surface area (TPSA) is 71.1 Å². The number of benzene rings is 2. The maximum atomic E-state index is 12.3. The number of nitrogens with zero attached hydrogens (tertiary/aromatic N) is 1. The van der Waals surface area contributed by atoms with Crippen LogP contribution in [-0.2, 0) is 4.79 Å². The van der Waals surface area contributed by atoms with Crippen molar-refractivity contribution in [3.8, 4) is 11.3 Å². The number of hydrogen-bond donors (Lipinski definition) is 2. The summed E-state index contributed by atoms with van der Waals surface area (Å²) in [5.74, 6) is -0.273. The number of thiazole rings is 1. The van der Waals surface area contributed by atoms with Gasteiger partial charge in [0.2, 0.25) is 5.91 Å². The molecule has 144 valence electrons. The van der Waals surface area contributed by atoms with Gasteiger partial charge in [-0.1, -0.05) is 62.4 Å². The molecule has 0 bridgehead atoms. The standard InChI is InChI=1S/C22H23N3O2S/c1-14(2)20-19(16-10-5-4-6-11-16)25-22(28-20)24-18(26)13-23-21(27)17-12-8-7-9-15(17)3/h4-12,14H,13H2,1-3H3,(H,23,27)(H,24,25,26). The molecule has 0 atom stereocenters. The molecule has 28 heavy (non-hydrogen) atoms. The van der Waals surface area contributed by atoms with E-state index in [0.717, 1.165) is 21.7 Å². The first kappa shape index (κ1) is 19.8. The maximum Gasteiger partial charge on any atom is 0.251 e. The predicted molar refractivity (Wildman–Crippen MR) is 114 cm³/mol. The molecule has 0 aliphatic heterocycles. The Kier molecular flexibility index (Phi) is 6.21. The van der Waals surface area contributed by atoms with E-state index in [0.29, 0.717) is 16.6 Å². The summed E-state index contributed by atoms with van der Waals surface area (Å²) in [7, 11) is 0. The summed E-state index contributed by atoms with van der Waals surface area (Å²) in [6.45, 7) is 5.97. The summed E-state index contributed by atoms with van der Waals surface area (Å²) in [6, 6.07) is 17.2. The Balaban J connectivity index is 1.67. The van der Waals surface area contributed by atoms with Gasteiger partial charge in [-0.05, 0) is 24.5 Å². The van der Waals surface area contributed by atoms with Gasteiger partial charge in [0.05, 0.1) is 12.2 Å². The zero-order valence-corrected chi connectivity index (χ0v) is 17.0. The normalized spacial score (nSPS) is 10.7. The molecule has 3 rings (SSSR count). The summed E-state index contributed by atoms with van der Waals surface area (Å²) in [5, 5.41) is 6.00. The van der Waals surface area contributed by atoms with Crippen molar-refractivity contribution in [2.24, 2.45) is 0 Å². The molecule has 0 radical (unpaired) electrons. The summed E-state index contributed by atoms with van der Waals surface area (Å²) in [5.41, 5.74) is 3.35. The Morgan fingerprint density at radius 2 is 1.71 bits per heavy atom. The number of carbonyl (C=O) groups excluding carboxylic acids is 2. The van der Waals surface area contributed by atoms with Gasteiger partial charge in [-0.15, -0.1) is 11.3 Å². The molecule has 0 unspecified atom stereocenters. The van der Waals surface area contributed by atoms with E-state index in [1.54, 1.807) is 12.1 Å². The lowest BCUT2D eigenvalue weighted by Gasteiger charge is -2.07. The zero-order valence-electron chi connectivity index (χ0n) is 16.2. The van der Waals surface area contributed by atoms with E-state index >= 15 is 0 Å². The summed E-state index contributed by atoms with van der Waals surface area (Å²) >= 11 is 1.47. The van der Waals surface area contributed by atoms with Crippen LogP contribution < -0.4 is 10.6 Å². The maximum absolute atomic E-state index is 12.3. The summed E-state index contributed by atoms with van der Waals surface area (Å²) in [4.78, 5) is 30.3. The third kappa shape index (κ3) is 4.64. The van der Waals surface area contributed by atoms with Crippen molar-refractivity contribution in [2.75, 3.05) is 11.9 Å². The number of anilines is 1. The van der Waals surface area contributed by atoms with E-state index in [1.807, 2.05) is 49.4 Å². The van der Waals surface area contributed by atoms with Crippen LogP contribution in [0.25, 0.3) is 11.3 Å². The van der Waals surface area contributed by atoms with Crippen LogP contribution in [0.3, 0.4) is 0 Å². The molecule has 0 fully saturated rings. The van der Waals surface area contributed by atoms with Gasteiger partial charge in [0.15, 0.2) is 5.13 Å². The van der Waals surface area contributed by atoms with Crippen molar-refractivity contribution in [3.05, 3.63) is 70.6 Å². The van der Waals surface area contributed by atoms with Gasteiger partial charge >= 0.3 is 0 Å². The molecule has 0 saturated carbocycles. The van der Waals surface area contributed by atoms with Crippen LogP contribution in [0.15, 0.2) is 54.6 Å². The smallest absolute Gasteiger partial charge is 0.251 e. The third-order valence-electron chi connectivity index (χ3n) is 4.27. The van der Waals surface area contributed by atoms with Crippen molar-refractivity contribution in [1.82, 2.24) is 10.3 Å². The molecule has 2 amide bonds. The molecular formula is C22H23N3O2S. The van der Waals surface area contributed by atoms with Crippen molar-refractivity contribution < 1.29 is 9.59 Å². The van der Waals surface area contributed by atoms with Gasteiger partial charge in [0, 0.05) is 16.0 Å². The average Bonchev–Trinajstić information content (AvgIpc) is 3.11. The summed E-state index contributed by atoms with van der Waals surface area (Å²) < 4.78 is 0. The molecule has 2 aromatic carbocycles. The fourth-order valence-corrected chi connectivity index (χ4v) is 3.83. The summed E-state index contributed by atoms with van der Waals surface area (Å²) in [6.07, 6.45) is 0. The van der Waals surface area contributed by atoms with E-state index in [4.69, 9.17) is 0 Å². The van der Waals surface area contributed by atoms with Crippen molar-refractivity contribution in [1.29, 1.82) is 0 Å². The first-order valence-electron chi connectivity index (χ1n) is 9.15. The fraction of sp³-hybridized carbons (Fsp3) is 0.227. The Morgan fingerprint density at radius 3 is 2.39 bits per heavy atom. The lowest BCUT2D eigenvalue weighted by molar-refractivity contribution is -0.115. The van der Waals surface area contributed by atoms with Crippen molar-refractivity contribution >= 4 is 28.3 Å². The van der Waals surface area contributed by atoms with Crippen LogP contribution in [0.4, 0.5) is 5.13 Å². The number of aromatic nitrogens is 1. The molecule has 0 saturated heterocycles. The van der Waals surface area contributed by atoms with E-state index in [2.05, 4.69) is 29.5 Å². The van der Waals surface area contributed by atoms with Crippen LogP contribution in [0, 0.1) is 6.92 Å². The molecule has 2 N–H and O–H groups in total. The van der Waals surface area contributed by atoms with E-state index < -0.39 is 0 Å². The van der Waals surface area contributed by atoms with Gasteiger partial charge in [-0.3, -0.25) is 9.59 Å². The minimum Gasteiger partial charge on any atom is -0.343 e. The van der Waals surface area contributed by atoms with Crippen LogP contribution in [-0.4, -0.2) is 23.3 Å². The molecule has 5 nitrogen and oxygen atoms in total. The first-order valence-corrected chi connectivity index (χ1v) is 9.97. The average molecular weight is 394 g/mol. The number of aryl methyl sites for hydroxylation is 1. The predicted octanol–water partition coefficient (Wildman–Crippen LogP) is 4.61. The number of amides is 2. The molecule has 6 heteroatoms. The molecule has 0 aliphatic rings. The second-order valence-electron chi connectivity index (χ2n) is 6.80. The highest BCUT2D eigenvalue weighted by atomic mass is 32.1. The van der Waals surface area contributed by atoms with Crippen molar-refractivity contribution in [2.45, 2.75) is 26.7 Å². The third-order valence-corrected chi connectivity index (χ3v) is 5.54. The van der Waals surface area contributed by atoms with Gasteiger partial charge in [0.25, 0.3) is 5.91 Å². The highest BCUT2D eigenvalue weighted by Crippen LogP contribution is 2.36. The Morgan fingerprint density at radius 1 is 1.04 bits per heavy atom. The number of carbonyl (C=O) groups is 2. The Bertz CT molecular complexity index is 980. The van der Waals surface area contributed by atoms with Crippen LogP contribution >= 0.6 is 11.3 Å². The number of nitrogens with one attached hydrogen (secondary N) is 2. The molecule has 0 spiro atoms. The quantitative estimate of drug-likeness (QED) is 0.642. The van der Waals surface area contributed by atoms with Crippen molar-refractivity contribution in [3.63, 3.8) is 0 Å². The monoisotopic (exact) mass is 393 g/mol. The van der Waals surface area contributed by atoms with Gasteiger partial charge < -0.3 is 10.6 Å². The Labute approximate surface area is 168 Å². The largest absolute Gasteiger partial charge is 0.343 e. The van der Waals surface area contributed by atoms with Gasteiger partial charge in [-0.25, -0.2) is 4.98 Å². The molecule has 0 aliphatic carbocycles. The molecule has 1 heterocycles. The Hall–Kier alpha value is -2.99. The minimum absolute atomic E-state index is 0.107. The van der Waals surface area contributed by atoms with Crippen LogP contribution in [0.1, 0.15) is 40.6 Å². The minimum atomic E-state index is -0.300. The lowest BCUT2D eigenvalue weighted by Crippen LogP contribution is -2.33. The van der Waals surface area contributed by atoms with Gasteiger partial charge in [-0.2, -0.15) is 0 Å². The molecule has 1 aromatic heterocycles. The number of hydrogen-bond acceptors (Lipinski definition) is 4. The first-order chi connectivity index (χ1) is 13.5. The SMILES string of the molecule is Cc1ccccc1C(=O)NCC(=O)Nc1nc(-c2ccccc2)c(C(C)C)s1. The zero-order chi connectivity index (χ0) is 20.1. The van der Waals surface area contributed by atoms with E-state index in [9.17, 15) is 9.59 Å². The highest BCUT2D eigenvalue weighted by Gasteiger charge is 2.17. The van der Waals surface area contributed by atoms with Crippen LogP contribution in [0.2, 0.25) is 0 Å². The number of rotatable bonds is 6. The second kappa shape index (κ2) is 8.80. The van der Waals surface area contributed by atoms with Gasteiger partial charge in [0.1, 0.15) is 0 Å². The van der Waals surface area contributed by atoms with Crippen LogP contribution in [0.5, 0.6) is 0 Å². The second-order valence-corrected chi connectivity index (χ2v) is 7.83. The lowest BCUT2D eigenvalue weighted by atomic mass is 10.1. The fourth-order valence-electron chi connectivity index (χ4n) is 2.83. The van der Waals surface area contributed by atoms with E-state index in [1.165, 1.54) is 11.3 Å². The van der Waals surface area contributed by atoms with E-state index in [-0.39, 0.29) is 18.4 Å². The molecule has 3 aromatic rings. The molecular weight excluding hydrogens is 370 g/mol. The highest BCUT2D eigenvalue weighted by molar-refractivity contribution is 7.16.